The van der Waals surface area contributed by atoms with Crippen LogP contribution in [0.2, 0.25) is 0 Å². The standard InChI is InChI=1S/C16H16FN/c1-11-5-6-13-9-16-14(8-15(17)10-18-16)4-2-3-12(13)7-11/h5-8,10H,2-4,9H2,1H3. The number of nitrogens with zero attached hydrogens (tertiary/aromatic N) is 1. The van der Waals surface area contributed by atoms with Gasteiger partial charge in [0, 0.05) is 12.1 Å². The van der Waals surface area contributed by atoms with Crippen LogP contribution in [0.1, 0.15) is 34.4 Å². The van der Waals surface area contributed by atoms with E-state index in [-0.39, 0.29) is 5.82 Å². The number of aromatic nitrogens is 1. The summed E-state index contributed by atoms with van der Waals surface area (Å²) in [6, 6.07) is 8.24. The maximum atomic E-state index is 13.2. The first-order chi connectivity index (χ1) is 8.72. The molecular weight excluding hydrogens is 225 g/mol. The van der Waals surface area contributed by atoms with Crippen LogP contribution < -0.4 is 0 Å². The molecule has 1 nitrogen and oxygen atoms in total. The van der Waals surface area contributed by atoms with Crippen molar-refractivity contribution in [3.05, 3.63) is 64.2 Å². The molecule has 0 unspecified atom stereocenters. The lowest BCUT2D eigenvalue weighted by atomic mass is 9.90. The van der Waals surface area contributed by atoms with Gasteiger partial charge in [-0.2, -0.15) is 0 Å². The Hall–Kier alpha value is -1.70. The highest BCUT2D eigenvalue weighted by Crippen LogP contribution is 2.23. The maximum absolute atomic E-state index is 13.2. The predicted molar refractivity (Wildman–Crippen MR) is 70.2 cm³/mol. The molecule has 1 aliphatic rings. The van der Waals surface area contributed by atoms with Gasteiger partial charge < -0.3 is 0 Å². The van der Waals surface area contributed by atoms with Gasteiger partial charge in [0.2, 0.25) is 0 Å². The Morgan fingerprint density at radius 1 is 1.06 bits per heavy atom. The Morgan fingerprint density at radius 3 is 2.78 bits per heavy atom. The van der Waals surface area contributed by atoms with Gasteiger partial charge in [0.1, 0.15) is 5.82 Å². The molecule has 0 fully saturated rings. The first-order valence-electron chi connectivity index (χ1n) is 6.44. The third kappa shape index (κ3) is 2.15. The molecule has 3 rings (SSSR count). The number of benzene rings is 1. The molecule has 2 aromatic rings. The SMILES string of the molecule is Cc1ccc2c(c1)CCCc1cc(F)cnc1C2. The number of hydrogen-bond donors (Lipinski definition) is 0. The highest BCUT2D eigenvalue weighted by atomic mass is 19.1. The Bertz CT molecular complexity index is 538. The summed E-state index contributed by atoms with van der Waals surface area (Å²) in [5.41, 5.74) is 6.16. The second kappa shape index (κ2) is 4.52. The summed E-state index contributed by atoms with van der Waals surface area (Å²) in [6.45, 7) is 2.13. The van der Waals surface area contributed by atoms with Crippen LogP contribution in [0, 0.1) is 12.7 Å². The minimum Gasteiger partial charge on any atom is -0.258 e. The summed E-state index contributed by atoms with van der Waals surface area (Å²) < 4.78 is 13.2. The van der Waals surface area contributed by atoms with Gasteiger partial charge in [-0.15, -0.1) is 0 Å². The van der Waals surface area contributed by atoms with E-state index in [1.54, 1.807) is 6.07 Å². The van der Waals surface area contributed by atoms with E-state index in [0.29, 0.717) is 0 Å². The number of halogens is 1. The van der Waals surface area contributed by atoms with Crippen molar-refractivity contribution in [1.82, 2.24) is 4.98 Å². The van der Waals surface area contributed by atoms with Crippen molar-refractivity contribution in [1.29, 1.82) is 0 Å². The maximum Gasteiger partial charge on any atom is 0.141 e. The number of pyridine rings is 1. The molecule has 1 aromatic carbocycles. The third-order valence-electron chi connectivity index (χ3n) is 3.64. The summed E-state index contributed by atoms with van der Waals surface area (Å²) in [5.74, 6) is -0.224. The normalized spacial score (nSPS) is 14.3. The molecule has 0 radical (unpaired) electrons. The van der Waals surface area contributed by atoms with E-state index in [4.69, 9.17) is 0 Å². The second-order valence-electron chi connectivity index (χ2n) is 5.06. The molecule has 0 bridgehead atoms. The van der Waals surface area contributed by atoms with Gasteiger partial charge in [-0.1, -0.05) is 23.8 Å². The van der Waals surface area contributed by atoms with Crippen molar-refractivity contribution in [3.8, 4) is 0 Å². The molecule has 1 heterocycles. The molecule has 0 aliphatic heterocycles. The second-order valence-corrected chi connectivity index (χ2v) is 5.06. The lowest BCUT2D eigenvalue weighted by molar-refractivity contribution is 0.613. The quantitative estimate of drug-likeness (QED) is 0.686. The topological polar surface area (TPSA) is 12.9 Å². The lowest BCUT2D eigenvalue weighted by Gasteiger charge is -2.16. The van der Waals surface area contributed by atoms with Gasteiger partial charge in [-0.25, -0.2) is 4.39 Å². The van der Waals surface area contributed by atoms with Crippen molar-refractivity contribution in [2.45, 2.75) is 32.6 Å². The van der Waals surface area contributed by atoms with Crippen LogP contribution in [-0.4, -0.2) is 4.98 Å². The first kappa shape index (κ1) is 11.4. The van der Waals surface area contributed by atoms with Gasteiger partial charge in [-0.3, -0.25) is 4.98 Å². The molecular formula is C16H16FN. The molecule has 0 saturated carbocycles. The number of fused-ring (bicyclic) bond motifs is 2. The molecule has 92 valence electrons. The minimum atomic E-state index is -0.224. The largest absolute Gasteiger partial charge is 0.258 e. The number of hydrogen-bond acceptors (Lipinski definition) is 1. The molecule has 0 amide bonds. The summed E-state index contributed by atoms with van der Waals surface area (Å²) in [7, 11) is 0. The van der Waals surface area contributed by atoms with E-state index in [9.17, 15) is 4.39 Å². The van der Waals surface area contributed by atoms with Gasteiger partial charge in [0.25, 0.3) is 0 Å². The smallest absolute Gasteiger partial charge is 0.141 e. The molecule has 0 saturated heterocycles. The third-order valence-corrected chi connectivity index (χ3v) is 3.64. The average Bonchev–Trinajstić information content (AvgIpc) is 2.32. The fraction of sp³-hybridized carbons (Fsp3) is 0.312. The Kier molecular flexibility index (Phi) is 2.86. The Morgan fingerprint density at radius 2 is 1.89 bits per heavy atom. The fourth-order valence-corrected chi connectivity index (χ4v) is 2.69. The van der Waals surface area contributed by atoms with Crippen LogP contribution in [0.5, 0.6) is 0 Å². The molecule has 2 heteroatoms. The van der Waals surface area contributed by atoms with E-state index in [2.05, 4.69) is 30.1 Å². The highest BCUT2D eigenvalue weighted by molar-refractivity contribution is 5.37. The summed E-state index contributed by atoms with van der Waals surface area (Å²) in [4.78, 5) is 4.27. The first-order valence-corrected chi connectivity index (χ1v) is 6.44. The van der Waals surface area contributed by atoms with Crippen LogP contribution in [0.25, 0.3) is 0 Å². The monoisotopic (exact) mass is 241 g/mol. The zero-order valence-electron chi connectivity index (χ0n) is 10.5. The Labute approximate surface area is 107 Å². The van der Waals surface area contributed by atoms with E-state index in [0.717, 1.165) is 36.9 Å². The predicted octanol–water partition coefficient (Wildman–Crippen LogP) is 3.61. The molecule has 18 heavy (non-hydrogen) atoms. The zero-order valence-corrected chi connectivity index (χ0v) is 10.5. The van der Waals surface area contributed by atoms with Gasteiger partial charge in [0.15, 0.2) is 0 Å². The van der Waals surface area contributed by atoms with Crippen molar-refractivity contribution in [2.24, 2.45) is 0 Å². The minimum absolute atomic E-state index is 0.224. The zero-order chi connectivity index (χ0) is 12.5. The molecule has 0 spiro atoms. The van der Waals surface area contributed by atoms with Crippen LogP contribution in [-0.2, 0) is 19.3 Å². The van der Waals surface area contributed by atoms with Gasteiger partial charge in [-0.05, 0) is 48.9 Å². The summed E-state index contributed by atoms with van der Waals surface area (Å²) >= 11 is 0. The Balaban J connectivity index is 2.05. The van der Waals surface area contributed by atoms with Crippen LogP contribution in [0.3, 0.4) is 0 Å². The van der Waals surface area contributed by atoms with Crippen molar-refractivity contribution in [2.75, 3.05) is 0 Å². The molecule has 1 aliphatic carbocycles. The van der Waals surface area contributed by atoms with Crippen molar-refractivity contribution >= 4 is 0 Å². The van der Waals surface area contributed by atoms with E-state index in [1.165, 1.54) is 22.9 Å². The van der Waals surface area contributed by atoms with E-state index < -0.39 is 0 Å². The summed E-state index contributed by atoms with van der Waals surface area (Å²) in [6.07, 6.45) is 5.22. The van der Waals surface area contributed by atoms with Crippen LogP contribution in [0.4, 0.5) is 4.39 Å². The van der Waals surface area contributed by atoms with E-state index >= 15 is 0 Å². The molecule has 0 atom stereocenters. The van der Waals surface area contributed by atoms with Crippen molar-refractivity contribution < 1.29 is 4.39 Å². The van der Waals surface area contributed by atoms with Gasteiger partial charge in [0.05, 0.1) is 6.20 Å². The average molecular weight is 241 g/mol. The lowest BCUT2D eigenvalue weighted by Crippen LogP contribution is -2.07. The molecule has 0 N–H and O–H groups in total. The van der Waals surface area contributed by atoms with Crippen LogP contribution in [0.15, 0.2) is 30.5 Å². The molecule has 1 aromatic heterocycles. The fourth-order valence-electron chi connectivity index (χ4n) is 2.69. The van der Waals surface area contributed by atoms with E-state index in [1.807, 2.05) is 0 Å². The number of rotatable bonds is 0. The highest BCUT2D eigenvalue weighted by Gasteiger charge is 2.13. The van der Waals surface area contributed by atoms with Gasteiger partial charge >= 0.3 is 0 Å². The van der Waals surface area contributed by atoms with Crippen LogP contribution >= 0.6 is 0 Å². The van der Waals surface area contributed by atoms with Crippen molar-refractivity contribution in [3.63, 3.8) is 0 Å². The summed E-state index contributed by atoms with van der Waals surface area (Å²) in [5, 5.41) is 0. The number of aryl methyl sites for hydroxylation is 3.